The van der Waals surface area contributed by atoms with Crippen LogP contribution in [0.1, 0.15) is 72.6 Å². The molecule has 4 aliphatic carbocycles. The molecule has 4 aliphatic rings. The molecule has 1 aromatic carbocycles. The first-order valence-electron chi connectivity index (χ1n) is 13.7. The second-order valence-corrected chi connectivity index (χ2v) is 13.3. The van der Waals surface area contributed by atoms with Crippen molar-refractivity contribution in [3.8, 4) is 0 Å². The van der Waals surface area contributed by atoms with Crippen molar-refractivity contribution in [1.29, 1.82) is 0 Å². The van der Waals surface area contributed by atoms with Crippen LogP contribution in [0, 0.1) is 34.5 Å². The summed E-state index contributed by atoms with van der Waals surface area (Å²) >= 11 is 1.94. The van der Waals surface area contributed by atoms with Crippen molar-refractivity contribution < 1.29 is 14.4 Å². The first kappa shape index (κ1) is 25.6. The van der Waals surface area contributed by atoms with Crippen molar-refractivity contribution in [2.75, 3.05) is 11.9 Å². The van der Waals surface area contributed by atoms with Crippen molar-refractivity contribution >= 4 is 35.0 Å². The van der Waals surface area contributed by atoms with Crippen LogP contribution >= 0.6 is 11.8 Å². The summed E-state index contributed by atoms with van der Waals surface area (Å²) in [5.41, 5.74) is 2.34. The third kappa shape index (κ3) is 4.33. The van der Waals surface area contributed by atoms with Gasteiger partial charge in [-0.3, -0.25) is 9.59 Å². The minimum Gasteiger partial charge on any atom is -0.338 e. The van der Waals surface area contributed by atoms with Gasteiger partial charge in [-0.25, -0.2) is 4.79 Å². The summed E-state index contributed by atoms with van der Waals surface area (Å²) in [7, 11) is 0. The van der Waals surface area contributed by atoms with E-state index in [2.05, 4.69) is 36.6 Å². The number of ketones is 2. The molecule has 0 radical (unpaired) electrons. The Morgan fingerprint density at radius 2 is 1.81 bits per heavy atom. The standard InChI is InChI=1S/C30H40N2O3S/c1-5-31-28(35)32-20-6-8-22(9-7-20)36-26-17-19-16-21(34)12-14-29(19,3)25-13-15-30(4)23(18(2)33)10-11-24(30)27(25)26/h6-9,16,23-27H,5,10-15,17H2,1-4H3,(H2,31,32,35)/t23-,24+,25+,26-,27+,29+,30-/m1/s1. The maximum absolute atomic E-state index is 12.6. The lowest BCUT2D eigenvalue weighted by Crippen LogP contribution is -2.55. The first-order chi connectivity index (χ1) is 17.2. The number of nitrogens with one attached hydrogen (secondary N) is 2. The molecule has 7 atom stereocenters. The summed E-state index contributed by atoms with van der Waals surface area (Å²) in [6, 6.07) is 7.95. The number of benzene rings is 1. The van der Waals surface area contributed by atoms with E-state index in [0.29, 0.717) is 41.8 Å². The topological polar surface area (TPSA) is 75.3 Å². The zero-order valence-electron chi connectivity index (χ0n) is 22.1. The van der Waals surface area contributed by atoms with Crippen LogP contribution in [0.15, 0.2) is 40.8 Å². The molecular weight excluding hydrogens is 468 g/mol. The van der Waals surface area contributed by atoms with E-state index in [4.69, 9.17) is 0 Å². The smallest absolute Gasteiger partial charge is 0.319 e. The fraction of sp³-hybridized carbons (Fsp3) is 0.633. The fourth-order valence-electron chi connectivity index (χ4n) is 8.42. The van der Waals surface area contributed by atoms with Crippen molar-refractivity contribution in [3.63, 3.8) is 0 Å². The lowest BCUT2D eigenvalue weighted by Gasteiger charge is -2.60. The average molecular weight is 509 g/mol. The molecule has 0 saturated heterocycles. The maximum atomic E-state index is 12.6. The van der Waals surface area contributed by atoms with Crippen molar-refractivity contribution in [2.24, 2.45) is 34.5 Å². The van der Waals surface area contributed by atoms with E-state index < -0.39 is 0 Å². The van der Waals surface area contributed by atoms with Crippen LogP contribution in [-0.2, 0) is 9.59 Å². The lowest BCUT2D eigenvalue weighted by molar-refractivity contribution is -0.128. The van der Waals surface area contributed by atoms with E-state index in [1.807, 2.05) is 36.9 Å². The van der Waals surface area contributed by atoms with Crippen LogP contribution in [0.4, 0.5) is 10.5 Å². The maximum Gasteiger partial charge on any atom is 0.319 e. The molecule has 3 saturated carbocycles. The Balaban J connectivity index is 1.45. The van der Waals surface area contributed by atoms with Crippen LogP contribution in [0.3, 0.4) is 0 Å². The second-order valence-electron chi connectivity index (χ2n) is 12.0. The Kier molecular flexibility index (Phi) is 6.86. The first-order valence-corrected chi connectivity index (χ1v) is 14.6. The molecule has 36 heavy (non-hydrogen) atoms. The molecular formula is C30H40N2O3S. The molecule has 0 aliphatic heterocycles. The highest BCUT2D eigenvalue weighted by Crippen LogP contribution is 2.68. The SMILES string of the molecule is CCNC(=O)Nc1ccc(S[C@@H]2CC3=CC(=O)CC[C@]3(C)[C@H]3CC[C@]4(C)[C@@H](C(C)=O)CC[C@H]4[C@H]23)cc1. The van der Waals surface area contributed by atoms with Crippen LogP contribution < -0.4 is 10.6 Å². The Morgan fingerprint density at radius 1 is 1.06 bits per heavy atom. The minimum absolute atomic E-state index is 0.0916. The molecule has 0 bridgehead atoms. The minimum atomic E-state index is -0.191. The zero-order chi connectivity index (χ0) is 25.7. The normalized spacial score (nSPS) is 37.3. The predicted octanol–water partition coefficient (Wildman–Crippen LogP) is 6.64. The van der Waals surface area contributed by atoms with Gasteiger partial charge < -0.3 is 10.6 Å². The van der Waals surface area contributed by atoms with E-state index in [9.17, 15) is 14.4 Å². The van der Waals surface area contributed by atoms with Crippen molar-refractivity contribution in [3.05, 3.63) is 35.9 Å². The molecule has 2 amide bonds. The number of rotatable bonds is 5. The third-order valence-electron chi connectivity index (χ3n) is 10.2. The number of urea groups is 1. The van der Waals surface area contributed by atoms with Crippen LogP contribution in [0.2, 0.25) is 0 Å². The Morgan fingerprint density at radius 3 is 2.50 bits per heavy atom. The van der Waals surface area contributed by atoms with Crippen molar-refractivity contribution in [1.82, 2.24) is 5.32 Å². The summed E-state index contributed by atoms with van der Waals surface area (Å²) in [6.45, 7) is 9.10. The van der Waals surface area contributed by atoms with E-state index in [0.717, 1.165) is 44.2 Å². The molecule has 0 heterocycles. The van der Waals surface area contributed by atoms with Gasteiger partial charge in [-0.15, -0.1) is 11.8 Å². The van der Waals surface area contributed by atoms with Gasteiger partial charge in [0.2, 0.25) is 0 Å². The van der Waals surface area contributed by atoms with Crippen LogP contribution in [0.25, 0.3) is 0 Å². The number of amides is 2. The fourth-order valence-corrected chi connectivity index (χ4v) is 9.86. The molecule has 1 aromatic rings. The van der Waals surface area contributed by atoms with Gasteiger partial charge in [0.25, 0.3) is 0 Å². The summed E-state index contributed by atoms with van der Waals surface area (Å²) < 4.78 is 0. The van der Waals surface area contributed by atoms with Gasteiger partial charge in [-0.05, 0) is 111 Å². The quantitative estimate of drug-likeness (QED) is 0.468. The number of Topliss-reactive ketones (excluding diaryl/α,β-unsaturated/α-hetero) is 1. The summed E-state index contributed by atoms with van der Waals surface area (Å²) in [5.74, 6) is 2.49. The molecule has 0 aromatic heterocycles. The summed E-state index contributed by atoms with van der Waals surface area (Å²) in [6.07, 6.45) is 9.00. The number of fused-ring (bicyclic) bond motifs is 5. The number of hydrogen-bond donors (Lipinski definition) is 2. The highest BCUT2D eigenvalue weighted by molar-refractivity contribution is 8.00. The van der Waals surface area contributed by atoms with Gasteiger partial charge in [-0.2, -0.15) is 0 Å². The lowest BCUT2D eigenvalue weighted by atomic mass is 9.46. The second kappa shape index (κ2) is 9.66. The average Bonchev–Trinajstić information content (AvgIpc) is 3.19. The van der Waals surface area contributed by atoms with E-state index in [-0.39, 0.29) is 28.6 Å². The highest BCUT2D eigenvalue weighted by atomic mass is 32.2. The van der Waals surface area contributed by atoms with Gasteiger partial charge in [0.15, 0.2) is 5.78 Å². The third-order valence-corrected chi connectivity index (χ3v) is 11.5. The number of allylic oxidation sites excluding steroid dienone is 1. The molecule has 194 valence electrons. The highest BCUT2D eigenvalue weighted by Gasteiger charge is 2.62. The van der Waals surface area contributed by atoms with E-state index in [1.165, 1.54) is 10.5 Å². The monoisotopic (exact) mass is 508 g/mol. The molecule has 2 N–H and O–H groups in total. The number of anilines is 1. The van der Waals surface area contributed by atoms with Crippen LogP contribution in [0.5, 0.6) is 0 Å². The van der Waals surface area contributed by atoms with E-state index in [1.54, 1.807) is 6.92 Å². The number of thioether (sulfide) groups is 1. The van der Waals surface area contributed by atoms with Crippen molar-refractivity contribution in [2.45, 2.75) is 82.8 Å². The Hall–Kier alpha value is -2.08. The summed E-state index contributed by atoms with van der Waals surface area (Å²) in [4.78, 5) is 38.2. The van der Waals surface area contributed by atoms with Crippen LogP contribution in [-0.4, -0.2) is 29.4 Å². The number of hydrogen-bond acceptors (Lipinski definition) is 4. The van der Waals surface area contributed by atoms with Gasteiger partial charge in [0.05, 0.1) is 0 Å². The summed E-state index contributed by atoms with van der Waals surface area (Å²) in [5, 5.41) is 6.03. The van der Waals surface area contributed by atoms with Gasteiger partial charge in [-0.1, -0.05) is 19.4 Å². The zero-order valence-corrected chi connectivity index (χ0v) is 22.9. The van der Waals surface area contributed by atoms with Gasteiger partial charge >= 0.3 is 6.03 Å². The number of carbonyl (C=O) groups excluding carboxylic acids is 3. The largest absolute Gasteiger partial charge is 0.338 e. The van der Waals surface area contributed by atoms with Gasteiger partial charge in [0, 0.05) is 34.7 Å². The van der Waals surface area contributed by atoms with E-state index >= 15 is 0 Å². The Labute approximate surface area is 219 Å². The molecule has 5 rings (SSSR count). The molecule has 5 nitrogen and oxygen atoms in total. The predicted molar refractivity (Wildman–Crippen MR) is 145 cm³/mol. The Bertz CT molecular complexity index is 1080. The molecule has 3 fully saturated rings. The molecule has 0 unspecified atom stereocenters. The van der Waals surface area contributed by atoms with Gasteiger partial charge in [0.1, 0.15) is 5.78 Å². The molecule has 6 heteroatoms. The number of carbonyl (C=O) groups is 3. The molecule has 0 spiro atoms.